The van der Waals surface area contributed by atoms with Crippen LogP contribution < -0.4 is 4.74 Å². The minimum Gasteiger partial charge on any atom is -0.497 e. The van der Waals surface area contributed by atoms with Gasteiger partial charge in [-0.1, -0.05) is 12.1 Å². The van der Waals surface area contributed by atoms with Crippen molar-refractivity contribution in [1.29, 1.82) is 0 Å². The molecule has 0 amide bonds. The number of rotatable bonds is 5. The molecule has 1 aromatic carbocycles. The minimum atomic E-state index is -0.381. The molecule has 0 aliphatic carbocycles. The SMILES string of the molecule is COc1ccc(CCC(O)C2CN3CCCC3CO2)cc1. The number of aryl methyl sites for hydroxylation is 1. The van der Waals surface area contributed by atoms with Gasteiger partial charge in [-0.05, 0) is 49.9 Å². The summed E-state index contributed by atoms with van der Waals surface area (Å²) in [4.78, 5) is 2.48. The Bertz CT molecular complexity index is 448. The average molecular weight is 291 g/mol. The van der Waals surface area contributed by atoms with Gasteiger partial charge in [0.05, 0.1) is 25.9 Å². The molecule has 0 spiro atoms. The van der Waals surface area contributed by atoms with Crippen LogP contribution in [0.1, 0.15) is 24.8 Å². The molecule has 4 nitrogen and oxygen atoms in total. The molecule has 3 atom stereocenters. The molecular formula is C17H25NO3. The van der Waals surface area contributed by atoms with Crippen molar-refractivity contribution in [3.63, 3.8) is 0 Å². The van der Waals surface area contributed by atoms with E-state index in [-0.39, 0.29) is 12.2 Å². The summed E-state index contributed by atoms with van der Waals surface area (Å²) >= 11 is 0. The summed E-state index contributed by atoms with van der Waals surface area (Å²) in [7, 11) is 1.67. The molecule has 0 saturated carbocycles. The van der Waals surface area contributed by atoms with E-state index in [2.05, 4.69) is 17.0 Å². The summed E-state index contributed by atoms with van der Waals surface area (Å²) in [6.07, 6.45) is 3.72. The molecule has 4 heteroatoms. The van der Waals surface area contributed by atoms with Crippen molar-refractivity contribution in [2.75, 3.05) is 26.8 Å². The number of aliphatic hydroxyl groups is 1. The van der Waals surface area contributed by atoms with E-state index >= 15 is 0 Å². The highest BCUT2D eigenvalue weighted by atomic mass is 16.5. The lowest BCUT2D eigenvalue weighted by atomic mass is 10.0. The number of fused-ring (bicyclic) bond motifs is 1. The maximum Gasteiger partial charge on any atom is 0.118 e. The first-order chi connectivity index (χ1) is 10.3. The van der Waals surface area contributed by atoms with Crippen molar-refractivity contribution in [2.24, 2.45) is 0 Å². The van der Waals surface area contributed by atoms with Crippen LogP contribution in [-0.4, -0.2) is 55.1 Å². The Balaban J connectivity index is 1.48. The van der Waals surface area contributed by atoms with E-state index in [1.54, 1.807) is 7.11 Å². The Hall–Kier alpha value is -1.10. The Morgan fingerprint density at radius 1 is 1.38 bits per heavy atom. The number of methoxy groups -OCH3 is 1. The number of aliphatic hydroxyl groups excluding tert-OH is 1. The topological polar surface area (TPSA) is 41.9 Å². The Morgan fingerprint density at radius 2 is 2.19 bits per heavy atom. The maximum absolute atomic E-state index is 10.4. The smallest absolute Gasteiger partial charge is 0.118 e. The van der Waals surface area contributed by atoms with Crippen LogP contribution in [0.2, 0.25) is 0 Å². The van der Waals surface area contributed by atoms with Crippen LogP contribution >= 0.6 is 0 Å². The molecule has 2 aliphatic heterocycles. The van der Waals surface area contributed by atoms with Gasteiger partial charge in [-0.15, -0.1) is 0 Å². The second kappa shape index (κ2) is 6.77. The molecule has 2 saturated heterocycles. The van der Waals surface area contributed by atoms with Crippen molar-refractivity contribution < 1.29 is 14.6 Å². The zero-order valence-electron chi connectivity index (χ0n) is 12.7. The van der Waals surface area contributed by atoms with Crippen molar-refractivity contribution in [3.05, 3.63) is 29.8 Å². The standard InChI is InChI=1S/C17H25NO3/c1-20-15-7-4-13(5-8-15)6-9-16(19)17-11-18-10-2-3-14(18)12-21-17/h4-5,7-8,14,16-17,19H,2-3,6,9-12H2,1H3. The minimum absolute atomic E-state index is 0.0300. The normalized spacial score (nSPS) is 27.3. The second-order valence-corrected chi connectivity index (χ2v) is 6.12. The third kappa shape index (κ3) is 3.57. The van der Waals surface area contributed by atoms with Gasteiger partial charge >= 0.3 is 0 Å². The van der Waals surface area contributed by atoms with E-state index in [0.29, 0.717) is 6.04 Å². The van der Waals surface area contributed by atoms with Crippen LogP contribution in [0.25, 0.3) is 0 Å². The summed E-state index contributed by atoms with van der Waals surface area (Å²) in [6.45, 7) is 2.83. The van der Waals surface area contributed by atoms with Gasteiger partial charge in [-0.3, -0.25) is 4.90 Å². The number of benzene rings is 1. The van der Waals surface area contributed by atoms with E-state index in [1.165, 1.54) is 18.4 Å². The van der Waals surface area contributed by atoms with Crippen LogP contribution in [-0.2, 0) is 11.2 Å². The Kier molecular flexibility index (Phi) is 4.78. The zero-order chi connectivity index (χ0) is 14.7. The molecule has 21 heavy (non-hydrogen) atoms. The van der Waals surface area contributed by atoms with E-state index < -0.39 is 0 Å². The zero-order valence-corrected chi connectivity index (χ0v) is 12.7. The number of morpholine rings is 1. The predicted octanol–water partition coefficient (Wildman–Crippen LogP) is 1.85. The van der Waals surface area contributed by atoms with Crippen LogP contribution in [0.4, 0.5) is 0 Å². The maximum atomic E-state index is 10.4. The molecule has 0 aromatic heterocycles. The van der Waals surface area contributed by atoms with Gasteiger partial charge in [0.2, 0.25) is 0 Å². The third-order valence-electron chi connectivity index (χ3n) is 4.73. The molecule has 2 fully saturated rings. The number of hydrogen-bond donors (Lipinski definition) is 1. The Morgan fingerprint density at radius 3 is 2.95 bits per heavy atom. The molecule has 0 bridgehead atoms. The first-order valence-electron chi connectivity index (χ1n) is 7.93. The number of ether oxygens (including phenoxy) is 2. The van der Waals surface area contributed by atoms with Gasteiger partial charge in [0.25, 0.3) is 0 Å². The van der Waals surface area contributed by atoms with Crippen LogP contribution in [0.3, 0.4) is 0 Å². The number of nitrogens with zero attached hydrogens (tertiary/aromatic N) is 1. The lowest BCUT2D eigenvalue weighted by Crippen LogP contribution is -2.50. The summed E-state index contributed by atoms with van der Waals surface area (Å²) in [6, 6.07) is 8.64. The molecule has 3 rings (SSSR count). The monoisotopic (exact) mass is 291 g/mol. The molecule has 1 aromatic rings. The van der Waals surface area contributed by atoms with Gasteiger partial charge < -0.3 is 14.6 Å². The van der Waals surface area contributed by atoms with Gasteiger partial charge in [0.1, 0.15) is 5.75 Å². The van der Waals surface area contributed by atoms with Crippen LogP contribution in [0, 0.1) is 0 Å². The first kappa shape index (κ1) is 14.8. The fourth-order valence-electron chi connectivity index (χ4n) is 3.37. The molecular weight excluding hydrogens is 266 g/mol. The molecule has 116 valence electrons. The van der Waals surface area contributed by atoms with E-state index in [0.717, 1.165) is 38.3 Å². The van der Waals surface area contributed by atoms with E-state index in [9.17, 15) is 5.11 Å². The highest BCUT2D eigenvalue weighted by Gasteiger charge is 2.34. The van der Waals surface area contributed by atoms with Crippen molar-refractivity contribution in [2.45, 2.75) is 43.9 Å². The summed E-state index contributed by atoms with van der Waals surface area (Å²) < 4.78 is 11.0. The quantitative estimate of drug-likeness (QED) is 0.899. The highest BCUT2D eigenvalue weighted by molar-refractivity contribution is 5.27. The largest absolute Gasteiger partial charge is 0.497 e. The lowest BCUT2D eigenvalue weighted by molar-refractivity contribution is -0.103. The Labute approximate surface area is 126 Å². The highest BCUT2D eigenvalue weighted by Crippen LogP contribution is 2.25. The second-order valence-electron chi connectivity index (χ2n) is 6.12. The molecule has 1 N–H and O–H groups in total. The molecule has 2 heterocycles. The van der Waals surface area contributed by atoms with Crippen molar-refractivity contribution in [3.8, 4) is 5.75 Å². The lowest BCUT2D eigenvalue weighted by Gasteiger charge is -2.37. The molecule has 2 aliphatic rings. The summed E-state index contributed by atoms with van der Waals surface area (Å²) in [5, 5.41) is 10.4. The van der Waals surface area contributed by atoms with Crippen molar-refractivity contribution in [1.82, 2.24) is 4.90 Å². The van der Waals surface area contributed by atoms with Crippen LogP contribution in [0.5, 0.6) is 5.75 Å². The number of hydrogen-bond acceptors (Lipinski definition) is 4. The molecule has 3 unspecified atom stereocenters. The van der Waals surface area contributed by atoms with Gasteiger partial charge in [0, 0.05) is 12.6 Å². The summed E-state index contributed by atoms with van der Waals surface area (Å²) in [5.41, 5.74) is 1.23. The summed E-state index contributed by atoms with van der Waals surface area (Å²) in [5.74, 6) is 0.870. The van der Waals surface area contributed by atoms with Gasteiger partial charge in [-0.2, -0.15) is 0 Å². The first-order valence-corrected chi connectivity index (χ1v) is 7.93. The fraction of sp³-hybridized carbons (Fsp3) is 0.647. The van der Waals surface area contributed by atoms with E-state index in [4.69, 9.17) is 9.47 Å². The molecule has 0 radical (unpaired) electrons. The van der Waals surface area contributed by atoms with Gasteiger partial charge in [0.15, 0.2) is 0 Å². The fourth-order valence-corrected chi connectivity index (χ4v) is 3.37. The van der Waals surface area contributed by atoms with Crippen LogP contribution in [0.15, 0.2) is 24.3 Å². The third-order valence-corrected chi connectivity index (χ3v) is 4.73. The predicted molar refractivity (Wildman–Crippen MR) is 81.7 cm³/mol. The van der Waals surface area contributed by atoms with Gasteiger partial charge in [-0.25, -0.2) is 0 Å². The van der Waals surface area contributed by atoms with E-state index in [1.807, 2.05) is 12.1 Å². The average Bonchev–Trinajstić information content (AvgIpc) is 3.00. The van der Waals surface area contributed by atoms with Crippen molar-refractivity contribution >= 4 is 0 Å².